The van der Waals surface area contributed by atoms with E-state index in [0.29, 0.717) is 13.1 Å². The molecule has 1 heterocycles. The molecular weight excluding hydrogens is 416 g/mol. The van der Waals surface area contributed by atoms with E-state index in [1.54, 1.807) is 0 Å². The van der Waals surface area contributed by atoms with Crippen LogP contribution in [0.3, 0.4) is 0 Å². The predicted octanol–water partition coefficient (Wildman–Crippen LogP) is 4.55. The highest BCUT2D eigenvalue weighted by Crippen LogP contribution is 2.30. The largest absolute Gasteiger partial charge is 0.416 e. The number of nitrogens with one attached hydrogen (secondary N) is 1. The zero-order valence-electron chi connectivity index (χ0n) is 15.9. The van der Waals surface area contributed by atoms with E-state index in [2.05, 4.69) is 31.7 Å². The van der Waals surface area contributed by atoms with Crippen molar-refractivity contribution in [2.75, 3.05) is 31.7 Å². The fraction of sp³-hybridized carbons (Fsp3) is 0.500. The summed E-state index contributed by atoms with van der Waals surface area (Å²) in [5, 5.41) is 2.58. The highest BCUT2D eigenvalue weighted by Gasteiger charge is 2.30. The molecule has 0 saturated carbocycles. The van der Waals surface area contributed by atoms with Gasteiger partial charge in [-0.3, -0.25) is 0 Å². The Morgan fingerprint density at radius 1 is 1.10 bits per heavy atom. The Balaban J connectivity index is 2.24. The van der Waals surface area contributed by atoms with Gasteiger partial charge in [-0.1, -0.05) is 6.07 Å². The summed E-state index contributed by atoms with van der Waals surface area (Å²) in [6.07, 6.45) is -6.26. The molecule has 1 aromatic carbocycles. The molecule has 12 heteroatoms. The number of alkyl halides is 6. The molecule has 0 amide bonds. The first-order valence-electron chi connectivity index (χ1n) is 9.02. The molecule has 1 saturated heterocycles. The minimum atomic E-state index is -4.56. The molecule has 0 atom stereocenters. The van der Waals surface area contributed by atoms with E-state index in [1.165, 1.54) is 12.1 Å². The standard InChI is InChI=1S/C18H21F6N5O/c1-25-16(29-8-3-2-4-9-29)28-15(26-12-30-11-17(19,20)21)27-14-7-5-6-13(10-14)18(22,23)24/h5-7,10H,1-4,8-9,11-12H2,(H,26,27)/b28-16+. The van der Waals surface area contributed by atoms with Gasteiger partial charge >= 0.3 is 12.4 Å². The van der Waals surface area contributed by atoms with Crippen LogP contribution < -0.4 is 5.32 Å². The summed E-state index contributed by atoms with van der Waals surface area (Å²) in [6.45, 7) is 2.52. The van der Waals surface area contributed by atoms with E-state index in [9.17, 15) is 26.3 Å². The molecule has 6 nitrogen and oxygen atoms in total. The molecule has 1 aliphatic rings. The van der Waals surface area contributed by atoms with E-state index >= 15 is 0 Å². The van der Waals surface area contributed by atoms with Crippen molar-refractivity contribution < 1.29 is 31.1 Å². The number of ether oxygens (including phenoxy) is 1. The maximum atomic E-state index is 12.9. The van der Waals surface area contributed by atoms with Crippen LogP contribution in [0, 0.1) is 0 Å². The summed E-state index contributed by atoms with van der Waals surface area (Å²) in [5.74, 6) is -0.0757. The number of hydrogen-bond acceptors (Lipinski definition) is 2. The zero-order valence-corrected chi connectivity index (χ0v) is 15.9. The molecular formula is C18H21F6N5O. The van der Waals surface area contributed by atoms with Gasteiger partial charge in [0.2, 0.25) is 11.9 Å². The highest BCUT2D eigenvalue weighted by atomic mass is 19.4. The number of rotatable bonds is 4. The van der Waals surface area contributed by atoms with Crippen molar-refractivity contribution in [1.29, 1.82) is 0 Å². The van der Waals surface area contributed by atoms with Crippen LogP contribution in [0.25, 0.3) is 0 Å². The minimum absolute atomic E-state index is 0.00482. The van der Waals surface area contributed by atoms with Gasteiger partial charge in [0.05, 0.1) is 5.56 Å². The minimum Gasteiger partial charge on any atom is -0.350 e. The number of likely N-dealkylation sites (tertiary alicyclic amines) is 1. The van der Waals surface area contributed by atoms with E-state index in [1.807, 2.05) is 4.90 Å². The quantitative estimate of drug-likeness (QED) is 0.325. The Hall–Kier alpha value is -2.63. The van der Waals surface area contributed by atoms with Crippen LogP contribution in [0.1, 0.15) is 24.8 Å². The Labute approximate surface area is 169 Å². The molecule has 1 N–H and O–H groups in total. The first-order chi connectivity index (χ1) is 14.1. The summed E-state index contributed by atoms with van der Waals surface area (Å²) in [4.78, 5) is 13.6. The average Bonchev–Trinajstić information content (AvgIpc) is 2.68. The first kappa shape index (κ1) is 23.6. The van der Waals surface area contributed by atoms with Crippen molar-refractivity contribution in [3.63, 3.8) is 0 Å². The second-order valence-electron chi connectivity index (χ2n) is 6.40. The zero-order chi connectivity index (χ0) is 22.2. The molecule has 0 unspecified atom stereocenters. The van der Waals surface area contributed by atoms with E-state index < -0.39 is 31.3 Å². The topological polar surface area (TPSA) is 61.6 Å². The van der Waals surface area contributed by atoms with Gasteiger partial charge in [0.1, 0.15) is 13.3 Å². The van der Waals surface area contributed by atoms with Gasteiger partial charge in [-0.15, -0.1) is 0 Å². The third-order valence-corrected chi connectivity index (χ3v) is 4.00. The monoisotopic (exact) mass is 437 g/mol. The SMILES string of the molecule is C=N/C(=N\C(=N/COCC(F)(F)F)Nc1cccc(C(F)(F)F)c1)N1CCCCC1. The normalized spacial score (nSPS) is 16.5. The number of guanidine groups is 2. The molecule has 0 radical (unpaired) electrons. The maximum absolute atomic E-state index is 12.9. The summed E-state index contributed by atoms with van der Waals surface area (Å²) in [5.41, 5.74) is -0.896. The molecule has 0 aromatic heterocycles. The van der Waals surface area contributed by atoms with Crippen LogP contribution in [-0.4, -0.2) is 56.1 Å². The van der Waals surface area contributed by atoms with Crippen LogP contribution >= 0.6 is 0 Å². The summed E-state index contributed by atoms with van der Waals surface area (Å²) < 4.78 is 79.9. The van der Waals surface area contributed by atoms with Crippen LogP contribution in [-0.2, 0) is 10.9 Å². The second kappa shape index (κ2) is 10.4. The fourth-order valence-corrected chi connectivity index (χ4v) is 2.67. The van der Waals surface area contributed by atoms with Crippen molar-refractivity contribution in [2.24, 2.45) is 15.0 Å². The van der Waals surface area contributed by atoms with Crippen molar-refractivity contribution >= 4 is 24.3 Å². The molecule has 2 rings (SSSR count). The van der Waals surface area contributed by atoms with E-state index in [-0.39, 0.29) is 17.6 Å². The molecule has 0 bridgehead atoms. The van der Waals surface area contributed by atoms with Gasteiger partial charge in [-0.25, -0.2) is 9.98 Å². The number of aliphatic imine (C=N–C) groups is 3. The molecule has 0 aliphatic carbocycles. The van der Waals surface area contributed by atoms with Gasteiger partial charge in [0.15, 0.2) is 0 Å². The lowest BCUT2D eigenvalue weighted by atomic mass is 10.1. The van der Waals surface area contributed by atoms with Crippen molar-refractivity contribution in [3.05, 3.63) is 29.8 Å². The third kappa shape index (κ3) is 8.01. The van der Waals surface area contributed by atoms with Gasteiger partial charge in [-0.2, -0.15) is 31.3 Å². The Morgan fingerprint density at radius 3 is 2.40 bits per heavy atom. The number of hydrogen-bond donors (Lipinski definition) is 1. The summed E-state index contributed by atoms with van der Waals surface area (Å²) >= 11 is 0. The van der Waals surface area contributed by atoms with Gasteiger partial charge in [0.25, 0.3) is 0 Å². The fourth-order valence-electron chi connectivity index (χ4n) is 2.67. The lowest BCUT2D eigenvalue weighted by molar-refractivity contribution is -0.173. The van der Waals surface area contributed by atoms with Gasteiger partial charge in [-0.05, 0) is 44.2 Å². The van der Waals surface area contributed by atoms with Gasteiger partial charge < -0.3 is 15.0 Å². The van der Waals surface area contributed by atoms with Crippen LogP contribution in [0.4, 0.5) is 32.0 Å². The number of halogens is 6. The van der Waals surface area contributed by atoms with Crippen molar-refractivity contribution in [2.45, 2.75) is 31.6 Å². The molecule has 30 heavy (non-hydrogen) atoms. The number of piperidine rings is 1. The number of nitrogens with zero attached hydrogens (tertiary/aromatic N) is 4. The average molecular weight is 437 g/mol. The van der Waals surface area contributed by atoms with E-state index in [4.69, 9.17) is 0 Å². The van der Waals surface area contributed by atoms with Crippen molar-refractivity contribution in [3.8, 4) is 0 Å². The number of benzene rings is 1. The maximum Gasteiger partial charge on any atom is 0.416 e. The summed E-state index contributed by atoms with van der Waals surface area (Å²) in [6, 6.07) is 4.26. The lowest BCUT2D eigenvalue weighted by Crippen LogP contribution is -2.35. The van der Waals surface area contributed by atoms with Crippen molar-refractivity contribution in [1.82, 2.24) is 4.90 Å². The van der Waals surface area contributed by atoms with Crippen LogP contribution in [0.2, 0.25) is 0 Å². The Kier molecular flexibility index (Phi) is 8.21. The Bertz CT molecular complexity index is 769. The lowest BCUT2D eigenvalue weighted by Gasteiger charge is -2.27. The molecule has 166 valence electrons. The predicted molar refractivity (Wildman–Crippen MR) is 102 cm³/mol. The second-order valence-corrected chi connectivity index (χ2v) is 6.40. The van der Waals surface area contributed by atoms with Crippen LogP contribution in [0.15, 0.2) is 39.2 Å². The Morgan fingerprint density at radius 2 is 1.80 bits per heavy atom. The number of anilines is 1. The molecule has 1 aromatic rings. The summed E-state index contributed by atoms with van der Waals surface area (Å²) in [7, 11) is 0. The highest BCUT2D eigenvalue weighted by molar-refractivity contribution is 6.03. The third-order valence-electron chi connectivity index (χ3n) is 4.00. The van der Waals surface area contributed by atoms with Gasteiger partial charge in [0, 0.05) is 18.8 Å². The van der Waals surface area contributed by atoms with Crippen LogP contribution in [0.5, 0.6) is 0 Å². The smallest absolute Gasteiger partial charge is 0.350 e. The molecule has 1 aliphatic heterocycles. The molecule has 1 fully saturated rings. The molecule has 0 spiro atoms. The van der Waals surface area contributed by atoms with E-state index in [0.717, 1.165) is 31.4 Å². The first-order valence-corrected chi connectivity index (χ1v) is 9.02.